The lowest BCUT2D eigenvalue weighted by molar-refractivity contribution is 0.669. The summed E-state index contributed by atoms with van der Waals surface area (Å²) in [7, 11) is 0. The third-order valence-electron chi connectivity index (χ3n) is 9.28. The Morgan fingerprint density at radius 3 is 1.50 bits per heavy atom. The molecule has 0 saturated carbocycles. The molecule has 0 atom stereocenters. The fraction of sp³-hybridized carbons (Fsp3) is 0. The summed E-state index contributed by atoms with van der Waals surface area (Å²) < 4.78 is 6.33. The number of para-hydroxylation sites is 1. The molecule has 0 amide bonds. The van der Waals surface area contributed by atoms with Crippen molar-refractivity contribution in [1.82, 2.24) is 0 Å². The molecule has 2 heteroatoms. The lowest BCUT2D eigenvalue weighted by Gasteiger charge is -2.26. The molecule has 0 aliphatic heterocycles. The molecule has 0 radical (unpaired) electrons. The lowest BCUT2D eigenvalue weighted by atomic mass is 9.91. The molecular weight excluding hydrogens is 583 g/mol. The number of rotatable bonds is 6. The molecule has 226 valence electrons. The van der Waals surface area contributed by atoms with Crippen LogP contribution < -0.4 is 4.90 Å². The summed E-state index contributed by atoms with van der Waals surface area (Å²) in [5.41, 5.74) is 12.2. The van der Waals surface area contributed by atoms with Crippen LogP contribution in [0.5, 0.6) is 0 Å². The van der Waals surface area contributed by atoms with E-state index in [2.05, 4.69) is 181 Å². The summed E-state index contributed by atoms with van der Waals surface area (Å²) in [6.45, 7) is 0. The first kappa shape index (κ1) is 27.9. The fourth-order valence-corrected chi connectivity index (χ4v) is 6.96. The smallest absolute Gasteiger partial charge is 0.137 e. The molecule has 1 heterocycles. The van der Waals surface area contributed by atoms with Gasteiger partial charge >= 0.3 is 0 Å². The molecule has 9 aromatic rings. The number of anilines is 3. The van der Waals surface area contributed by atoms with Gasteiger partial charge < -0.3 is 9.32 Å². The van der Waals surface area contributed by atoms with Crippen LogP contribution in [0.3, 0.4) is 0 Å². The minimum absolute atomic E-state index is 0.875. The molecule has 0 aliphatic rings. The van der Waals surface area contributed by atoms with Gasteiger partial charge in [0.05, 0.1) is 0 Å². The van der Waals surface area contributed by atoms with Gasteiger partial charge in [-0.25, -0.2) is 0 Å². The molecule has 0 N–H and O–H groups in total. The number of hydrogen-bond donors (Lipinski definition) is 0. The molecule has 0 aliphatic carbocycles. The molecule has 1 aromatic heterocycles. The van der Waals surface area contributed by atoms with Gasteiger partial charge in [0, 0.05) is 33.9 Å². The summed E-state index contributed by atoms with van der Waals surface area (Å²) in [6.07, 6.45) is 0. The second-order valence-corrected chi connectivity index (χ2v) is 12.1. The average molecular weight is 614 g/mol. The van der Waals surface area contributed by atoms with E-state index in [1.807, 2.05) is 12.1 Å². The van der Waals surface area contributed by atoms with E-state index in [0.29, 0.717) is 0 Å². The summed E-state index contributed by atoms with van der Waals surface area (Å²) >= 11 is 0. The predicted molar refractivity (Wildman–Crippen MR) is 202 cm³/mol. The Balaban J connectivity index is 1.16. The maximum atomic E-state index is 6.33. The number of hydrogen-bond acceptors (Lipinski definition) is 2. The van der Waals surface area contributed by atoms with Crippen LogP contribution in [0.4, 0.5) is 17.1 Å². The van der Waals surface area contributed by atoms with Gasteiger partial charge in [-0.2, -0.15) is 0 Å². The van der Waals surface area contributed by atoms with Crippen LogP contribution in [0.25, 0.3) is 66.1 Å². The Bertz CT molecular complexity index is 2530. The summed E-state index contributed by atoms with van der Waals surface area (Å²) in [6, 6.07) is 66.9. The van der Waals surface area contributed by atoms with Crippen molar-refractivity contribution >= 4 is 49.8 Å². The Labute approximate surface area is 279 Å². The van der Waals surface area contributed by atoms with Crippen LogP contribution in [0.1, 0.15) is 0 Å². The highest BCUT2D eigenvalue weighted by molar-refractivity contribution is 6.07. The van der Waals surface area contributed by atoms with E-state index in [1.165, 1.54) is 44.2 Å². The van der Waals surface area contributed by atoms with Gasteiger partial charge in [0.1, 0.15) is 11.2 Å². The third-order valence-corrected chi connectivity index (χ3v) is 9.28. The van der Waals surface area contributed by atoms with Crippen molar-refractivity contribution in [2.24, 2.45) is 0 Å². The highest BCUT2D eigenvalue weighted by Gasteiger charge is 2.17. The van der Waals surface area contributed by atoms with Crippen LogP contribution in [0.2, 0.25) is 0 Å². The van der Waals surface area contributed by atoms with E-state index in [4.69, 9.17) is 4.42 Å². The molecule has 0 unspecified atom stereocenters. The van der Waals surface area contributed by atoms with E-state index in [0.717, 1.165) is 39.0 Å². The Kier molecular flexibility index (Phi) is 6.84. The average Bonchev–Trinajstić information content (AvgIpc) is 3.54. The van der Waals surface area contributed by atoms with E-state index >= 15 is 0 Å². The van der Waals surface area contributed by atoms with Crippen molar-refractivity contribution in [2.75, 3.05) is 4.90 Å². The van der Waals surface area contributed by atoms with Gasteiger partial charge in [-0.1, -0.05) is 140 Å². The van der Waals surface area contributed by atoms with Crippen molar-refractivity contribution in [3.05, 3.63) is 188 Å². The number of fused-ring (bicyclic) bond motifs is 4. The largest absolute Gasteiger partial charge is 0.456 e. The zero-order valence-corrected chi connectivity index (χ0v) is 26.3. The van der Waals surface area contributed by atoms with Gasteiger partial charge in [0.15, 0.2) is 0 Å². The maximum Gasteiger partial charge on any atom is 0.137 e. The van der Waals surface area contributed by atoms with Gasteiger partial charge in [0.2, 0.25) is 0 Å². The van der Waals surface area contributed by atoms with Gasteiger partial charge in [-0.3, -0.25) is 0 Å². The zero-order chi connectivity index (χ0) is 31.9. The number of furan rings is 1. The Morgan fingerprint density at radius 2 is 0.833 bits per heavy atom. The normalized spacial score (nSPS) is 11.3. The molecule has 0 fully saturated rings. The highest BCUT2D eigenvalue weighted by atomic mass is 16.3. The van der Waals surface area contributed by atoms with Crippen LogP contribution in [-0.2, 0) is 0 Å². The second-order valence-electron chi connectivity index (χ2n) is 12.1. The van der Waals surface area contributed by atoms with E-state index < -0.39 is 0 Å². The van der Waals surface area contributed by atoms with Gasteiger partial charge in [-0.05, 0) is 86.6 Å². The Hall–Kier alpha value is -6.38. The van der Waals surface area contributed by atoms with Gasteiger partial charge in [0.25, 0.3) is 0 Å². The molecule has 9 rings (SSSR count). The molecule has 0 spiro atoms. The molecule has 48 heavy (non-hydrogen) atoms. The van der Waals surface area contributed by atoms with Crippen molar-refractivity contribution < 1.29 is 4.42 Å². The number of nitrogens with zero attached hydrogens (tertiary/aromatic N) is 1. The van der Waals surface area contributed by atoms with E-state index in [1.54, 1.807) is 0 Å². The zero-order valence-electron chi connectivity index (χ0n) is 26.3. The first-order chi connectivity index (χ1) is 23.8. The van der Waals surface area contributed by atoms with E-state index in [-0.39, 0.29) is 0 Å². The summed E-state index contributed by atoms with van der Waals surface area (Å²) in [5, 5.41) is 4.75. The van der Waals surface area contributed by atoms with Crippen molar-refractivity contribution in [3.63, 3.8) is 0 Å². The van der Waals surface area contributed by atoms with Crippen LogP contribution in [0, 0.1) is 0 Å². The molecule has 8 aromatic carbocycles. The molecule has 2 nitrogen and oxygen atoms in total. The van der Waals surface area contributed by atoms with E-state index in [9.17, 15) is 0 Å². The maximum absolute atomic E-state index is 6.33. The topological polar surface area (TPSA) is 16.4 Å². The first-order valence-corrected chi connectivity index (χ1v) is 16.3. The van der Waals surface area contributed by atoms with Crippen LogP contribution >= 0.6 is 0 Å². The van der Waals surface area contributed by atoms with Crippen molar-refractivity contribution in [1.29, 1.82) is 0 Å². The van der Waals surface area contributed by atoms with Gasteiger partial charge in [-0.15, -0.1) is 0 Å². The first-order valence-electron chi connectivity index (χ1n) is 16.3. The Morgan fingerprint density at radius 1 is 0.333 bits per heavy atom. The minimum atomic E-state index is 0.875. The number of benzene rings is 8. The van der Waals surface area contributed by atoms with Crippen molar-refractivity contribution in [2.45, 2.75) is 0 Å². The fourth-order valence-electron chi connectivity index (χ4n) is 6.96. The lowest BCUT2D eigenvalue weighted by Crippen LogP contribution is -2.09. The second kappa shape index (κ2) is 11.8. The summed E-state index contributed by atoms with van der Waals surface area (Å²) in [4.78, 5) is 2.31. The molecule has 0 saturated heterocycles. The SMILES string of the molecule is c1ccc(-c2ccc(N(c3ccc(-c4cccc5cccc(-c6ccccc6)c45)cc3)c3ccc4c(c3)oc3ccccc34)cc2)cc1. The van der Waals surface area contributed by atoms with Crippen LogP contribution in [-0.4, -0.2) is 0 Å². The standard InChI is InChI=1S/C46H31NO/c1-3-11-32(12-4-1)33-21-25-37(26-22-33)47(39-29-30-43-42-17-7-8-20-44(42)48-45(43)31-39)38-27-23-35(24-28-38)41-19-10-16-36-15-9-18-40(46(36)41)34-13-5-2-6-14-34/h1-31H. The molecular formula is C46H31NO. The third kappa shape index (κ3) is 4.92. The monoisotopic (exact) mass is 613 g/mol. The highest BCUT2D eigenvalue weighted by Crippen LogP contribution is 2.41. The van der Waals surface area contributed by atoms with Crippen LogP contribution in [0.15, 0.2) is 192 Å². The minimum Gasteiger partial charge on any atom is -0.456 e. The predicted octanol–water partition coefficient (Wildman–Crippen LogP) is 13.2. The quantitative estimate of drug-likeness (QED) is 0.185. The summed E-state index contributed by atoms with van der Waals surface area (Å²) in [5.74, 6) is 0. The van der Waals surface area contributed by atoms with Crippen molar-refractivity contribution in [3.8, 4) is 33.4 Å². The molecule has 0 bridgehead atoms.